The van der Waals surface area contributed by atoms with Gasteiger partial charge in [0.05, 0.1) is 14.7 Å². The molecule has 0 aliphatic rings. The monoisotopic (exact) mass is 303 g/mol. The summed E-state index contributed by atoms with van der Waals surface area (Å²) in [6.45, 7) is 2.80. The van der Waals surface area contributed by atoms with Crippen LogP contribution in [0.3, 0.4) is 0 Å². The molecule has 5 heteroatoms. The summed E-state index contributed by atoms with van der Waals surface area (Å²) >= 11 is 13.5. The van der Waals surface area contributed by atoms with Crippen molar-refractivity contribution in [2.75, 3.05) is 6.54 Å². The van der Waals surface area contributed by atoms with Crippen molar-refractivity contribution in [3.63, 3.8) is 0 Å². The molecule has 18 heavy (non-hydrogen) atoms. The van der Waals surface area contributed by atoms with Gasteiger partial charge in [0.15, 0.2) is 0 Å². The van der Waals surface area contributed by atoms with Crippen LogP contribution in [0.25, 0.3) is 0 Å². The highest BCUT2D eigenvalue weighted by Crippen LogP contribution is 2.37. The smallest absolute Gasteiger partial charge is 0.123 e. The highest BCUT2D eigenvalue weighted by atomic mass is 35.5. The van der Waals surface area contributed by atoms with Crippen LogP contribution >= 0.6 is 34.5 Å². The second-order valence-electron chi connectivity index (χ2n) is 3.82. The fraction of sp³-hybridized carbons (Fsp3) is 0.231. The molecule has 0 spiro atoms. The standard InChI is InChI=1S/C13H12Cl2FNS/c1-2-17-12(8-3-5-9(16)6-4-8)10-7-11(14)18-13(10)15/h3-7,12,17H,2H2,1H3. The summed E-state index contributed by atoms with van der Waals surface area (Å²) in [6, 6.07) is 8.19. The normalized spacial score (nSPS) is 12.7. The van der Waals surface area contributed by atoms with E-state index in [1.807, 2.05) is 13.0 Å². The van der Waals surface area contributed by atoms with Gasteiger partial charge < -0.3 is 5.32 Å². The highest BCUT2D eigenvalue weighted by Gasteiger charge is 2.18. The van der Waals surface area contributed by atoms with Gasteiger partial charge in [0.25, 0.3) is 0 Å². The molecule has 2 rings (SSSR count). The van der Waals surface area contributed by atoms with Gasteiger partial charge in [-0.1, -0.05) is 42.3 Å². The highest BCUT2D eigenvalue weighted by molar-refractivity contribution is 7.20. The van der Waals surface area contributed by atoms with Crippen LogP contribution in [0.1, 0.15) is 24.1 Å². The number of halogens is 3. The van der Waals surface area contributed by atoms with Crippen molar-refractivity contribution in [2.24, 2.45) is 0 Å². The molecule has 96 valence electrons. The first-order valence-corrected chi connectivity index (χ1v) is 7.12. The second-order valence-corrected chi connectivity index (χ2v) is 6.11. The van der Waals surface area contributed by atoms with E-state index in [1.54, 1.807) is 12.1 Å². The van der Waals surface area contributed by atoms with Gasteiger partial charge >= 0.3 is 0 Å². The Balaban J connectivity index is 2.39. The number of thiophene rings is 1. The third kappa shape index (κ3) is 3.04. The van der Waals surface area contributed by atoms with E-state index in [0.717, 1.165) is 17.7 Å². The van der Waals surface area contributed by atoms with Gasteiger partial charge in [0.1, 0.15) is 5.82 Å². The van der Waals surface area contributed by atoms with Crippen molar-refractivity contribution in [2.45, 2.75) is 13.0 Å². The topological polar surface area (TPSA) is 12.0 Å². The molecule has 0 bridgehead atoms. The summed E-state index contributed by atoms with van der Waals surface area (Å²) in [4.78, 5) is 0. The van der Waals surface area contributed by atoms with Gasteiger partial charge in [0.2, 0.25) is 0 Å². The lowest BCUT2D eigenvalue weighted by Gasteiger charge is -2.18. The van der Waals surface area contributed by atoms with Crippen molar-refractivity contribution in [3.05, 3.63) is 55.9 Å². The minimum atomic E-state index is -0.247. The summed E-state index contributed by atoms with van der Waals surface area (Å²) in [5, 5.41) is 3.33. The lowest BCUT2D eigenvalue weighted by molar-refractivity contribution is 0.614. The van der Waals surface area contributed by atoms with Crippen LogP contribution in [0, 0.1) is 5.82 Å². The van der Waals surface area contributed by atoms with Crippen LogP contribution in [0.4, 0.5) is 4.39 Å². The minimum Gasteiger partial charge on any atom is -0.306 e. The molecule has 1 aromatic heterocycles. The molecule has 1 aromatic carbocycles. The van der Waals surface area contributed by atoms with Crippen molar-refractivity contribution in [3.8, 4) is 0 Å². The third-order valence-electron chi connectivity index (χ3n) is 2.61. The summed E-state index contributed by atoms with van der Waals surface area (Å²) in [5.74, 6) is -0.247. The average Bonchev–Trinajstić information content (AvgIpc) is 2.67. The number of benzene rings is 1. The molecule has 0 aliphatic carbocycles. The number of rotatable bonds is 4. The van der Waals surface area contributed by atoms with E-state index in [0.29, 0.717) is 8.67 Å². The van der Waals surface area contributed by atoms with Crippen molar-refractivity contribution >= 4 is 34.5 Å². The quantitative estimate of drug-likeness (QED) is 0.847. The average molecular weight is 304 g/mol. The Bertz CT molecular complexity index is 524. The van der Waals surface area contributed by atoms with Crippen molar-refractivity contribution in [1.82, 2.24) is 5.32 Å². The van der Waals surface area contributed by atoms with Crippen LogP contribution in [0.15, 0.2) is 30.3 Å². The first-order valence-electron chi connectivity index (χ1n) is 5.55. The molecule has 0 saturated heterocycles. The Hall–Kier alpha value is -0.610. The Morgan fingerprint density at radius 1 is 1.28 bits per heavy atom. The zero-order valence-corrected chi connectivity index (χ0v) is 12.0. The van der Waals surface area contributed by atoms with Gasteiger partial charge in [-0.25, -0.2) is 4.39 Å². The lowest BCUT2D eigenvalue weighted by Crippen LogP contribution is -2.21. The largest absolute Gasteiger partial charge is 0.306 e. The van der Waals surface area contributed by atoms with Crippen LogP contribution in [0.5, 0.6) is 0 Å². The number of hydrogen-bond acceptors (Lipinski definition) is 2. The molecule has 1 unspecified atom stereocenters. The Kier molecular flexibility index (Phi) is 4.62. The van der Waals surface area contributed by atoms with Gasteiger partial charge in [0, 0.05) is 5.56 Å². The van der Waals surface area contributed by atoms with Crippen molar-refractivity contribution < 1.29 is 4.39 Å². The van der Waals surface area contributed by atoms with E-state index in [2.05, 4.69) is 5.32 Å². The Labute approximate surface area is 120 Å². The third-order valence-corrected chi connectivity index (χ3v) is 4.12. The van der Waals surface area contributed by atoms with Gasteiger partial charge in [-0.2, -0.15) is 0 Å². The summed E-state index contributed by atoms with van der Waals surface area (Å²) < 4.78 is 14.3. The second kappa shape index (κ2) is 6.02. The first kappa shape index (κ1) is 13.8. The molecule has 0 aliphatic heterocycles. The molecular weight excluding hydrogens is 292 g/mol. The predicted molar refractivity (Wildman–Crippen MR) is 76.3 cm³/mol. The molecule has 1 atom stereocenters. The number of hydrogen-bond donors (Lipinski definition) is 1. The zero-order valence-electron chi connectivity index (χ0n) is 9.71. The number of nitrogens with one attached hydrogen (secondary N) is 1. The van der Waals surface area contributed by atoms with Gasteiger partial charge in [-0.3, -0.25) is 0 Å². The maximum atomic E-state index is 13.0. The SMILES string of the molecule is CCNC(c1ccc(F)cc1)c1cc(Cl)sc1Cl. The maximum Gasteiger partial charge on any atom is 0.123 e. The predicted octanol–water partition coefficient (Wildman–Crippen LogP) is 4.89. The molecule has 0 amide bonds. The van der Waals surface area contributed by atoms with Gasteiger partial charge in [-0.05, 0) is 30.3 Å². The lowest BCUT2D eigenvalue weighted by atomic mass is 10.0. The van der Waals surface area contributed by atoms with Gasteiger partial charge in [-0.15, -0.1) is 11.3 Å². The van der Waals surface area contributed by atoms with E-state index < -0.39 is 0 Å². The zero-order chi connectivity index (χ0) is 13.1. The van der Waals surface area contributed by atoms with Crippen molar-refractivity contribution in [1.29, 1.82) is 0 Å². The fourth-order valence-corrected chi connectivity index (χ4v) is 3.35. The molecular formula is C13H12Cl2FNS. The molecule has 1 N–H and O–H groups in total. The van der Waals surface area contributed by atoms with Crippen LogP contribution in [-0.2, 0) is 0 Å². The van der Waals surface area contributed by atoms with Crippen LogP contribution in [0.2, 0.25) is 8.67 Å². The Morgan fingerprint density at radius 2 is 1.94 bits per heavy atom. The van der Waals surface area contributed by atoms with E-state index in [4.69, 9.17) is 23.2 Å². The summed E-state index contributed by atoms with van der Waals surface area (Å²) in [6.07, 6.45) is 0. The van der Waals surface area contributed by atoms with Crippen LogP contribution < -0.4 is 5.32 Å². The molecule has 0 fully saturated rings. The van der Waals surface area contributed by atoms with Crippen LogP contribution in [-0.4, -0.2) is 6.54 Å². The fourth-order valence-electron chi connectivity index (χ4n) is 1.82. The summed E-state index contributed by atoms with van der Waals surface area (Å²) in [5.41, 5.74) is 1.90. The molecule has 1 nitrogen and oxygen atoms in total. The summed E-state index contributed by atoms with van der Waals surface area (Å²) in [7, 11) is 0. The maximum absolute atomic E-state index is 13.0. The first-order chi connectivity index (χ1) is 8.61. The molecule has 0 saturated carbocycles. The van der Waals surface area contributed by atoms with E-state index in [1.165, 1.54) is 23.5 Å². The molecule has 2 aromatic rings. The van der Waals surface area contributed by atoms with E-state index in [-0.39, 0.29) is 11.9 Å². The van der Waals surface area contributed by atoms with E-state index >= 15 is 0 Å². The minimum absolute atomic E-state index is 0.0631. The molecule has 1 heterocycles. The van der Waals surface area contributed by atoms with E-state index in [9.17, 15) is 4.39 Å². The molecule has 0 radical (unpaired) electrons. The Morgan fingerprint density at radius 3 is 2.44 bits per heavy atom.